The van der Waals surface area contributed by atoms with Crippen molar-refractivity contribution in [3.63, 3.8) is 0 Å². The van der Waals surface area contributed by atoms with E-state index in [2.05, 4.69) is 9.97 Å². The maximum Gasteiger partial charge on any atom is 0.335 e. The predicted octanol–water partition coefficient (Wildman–Crippen LogP) is 2.16. The minimum absolute atomic E-state index is 0.0611. The molecule has 2 aromatic heterocycles. The van der Waals surface area contributed by atoms with Crippen molar-refractivity contribution in [2.45, 2.75) is 19.9 Å². The van der Waals surface area contributed by atoms with Crippen LogP contribution in [0.5, 0.6) is 0 Å². The summed E-state index contributed by atoms with van der Waals surface area (Å²) in [4.78, 5) is 20.9. The Morgan fingerprint density at radius 1 is 1.16 bits per heavy atom. The predicted molar refractivity (Wildman–Crippen MR) is 73.5 cm³/mol. The van der Waals surface area contributed by atoms with Crippen LogP contribution in [-0.2, 0) is 0 Å². The maximum absolute atomic E-state index is 12.6. The number of fused-ring (bicyclic) bond motifs is 1. The van der Waals surface area contributed by atoms with Gasteiger partial charge in [0.2, 0.25) is 0 Å². The first-order valence-electron chi connectivity index (χ1n) is 6.18. The third kappa shape index (κ3) is 1.74. The molecule has 0 aliphatic carbocycles. The van der Waals surface area contributed by atoms with Gasteiger partial charge >= 0.3 is 5.69 Å². The summed E-state index contributed by atoms with van der Waals surface area (Å²) in [5.74, 6) is 0. The summed E-state index contributed by atoms with van der Waals surface area (Å²) in [5, 5.41) is 0. The fourth-order valence-corrected chi connectivity index (χ4v) is 2.27. The molecule has 0 unspecified atom stereocenters. The molecule has 0 saturated heterocycles. The zero-order chi connectivity index (χ0) is 13.4. The van der Waals surface area contributed by atoms with Gasteiger partial charge in [0.05, 0.1) is 11.9 Å². The molecule has 1 aromatic carbocycles. The monoisotopic (exact) mass is 254 g/mol. The molecule has 0 saturated carbocycles. The van der Waals surface area contributed by atoms with Crippen LogP contribution < -0.4 is 5.69 Å². The van der Waals surface area contributed by atoms with Gasteiger partial charge in [-0.15, -0.1) is 0 Å². The molecule has 0 fully saturated rings. The van der Waals surface area contributed by atoms with Crippen LogP contribution in [0.2, 0.25) is 0 Å². The van der Waals surface area contributed by atoms with Gasteiger partial charge in [-0.1, -0.05) is 18.2 Å². The average molecular weight is 254 g/mol. The Labute approximate surface area is 110 Å². The van der Waals surface area contributed by atoms with Gasteiger partial charge in [-0.05, 0) is 26.0 Å². The van der Waals surface area contributed by atoms with Crippen molar-refractivity contribution in [1.82, 2.24) is 19.1 Å². The Morgan fingerprint density at radius 2 is 1.89 bits per heavy atom. The Hall–Kier alpha value is -2.43. The molecule has 3 rings (SSSR count). The summed E-state index contributed by atoms with van der Waals surface area (Å²) in [7, 11) is 0. The second kappa shape index (κ2) is 4.35. The Kier molecular flexibility index (Phi) is 2.67. The molecule has 0 bridgehead atoms. The van der Waals surface area contributed by atoms with Gasteiger partial charge in [0.1, 0.15) is 11.8 Å². The van der Waals surface area contributed by atoms with Crippen LogP contribution in [0.4, 0.5) is 0 Å². The molecule has 0 aliphatic rings. The van der Waals surface area contributed by atoms with Gasteiger partial charge in [-0.2, -0.15) is 0 Å². The number of imidazole rings is 1. The highest BCUT2D eigenvalue weighted by atomic mass is 16.1. The second-order valence-corrected chi connectivity index (χ2v) is 4.65. The highest BCUT2D eigenvalue weighted by molar-refractivity contribution is 5.72. The zero-order valence-electron chi connectivity index (χ0n) is 10.8. The van der Waals surface area contributed by atoms with Crippen molar-refractivity contribution in [2.75, 3.05) is 0 Å². The topological polar surface area (TPSA) is 52.7 Å². The number of hydrogen-bond donors (Lipinski definition) is 0. The van der Waals surface area contributed by atoms with E-state index < -0.39 is 0 Å². The molecule has 96 valence electrons. The lowest BCUT2D eigenvalue weighted by Gasteiger charge is -2.05. The van der Waals surface area contributed by atoms with Crippen LogP contribution in [0.25, 0.3) is 16.9 Å². The van der Waals surface area contributed by atoms with Crippen molar-refractivity contribution in [1.29, 1.82) is 0 Å². The summed E-state index contributed by atoms with van der Waals surface area (Å²) in [6, 6.07) is 9.58. The number of benzene rings is 1. The fraction of sp³-hybridized carbons (Fsp3) is 0.214. The molecule has 0 N–H and O–H groups in total. The molecule has 5 nitrogen and oxygen atoms in total. The number of hydrogen-bond acceptors (Lipinski definition) is 3. The molecule has 5 heteroatoms. The van der Waals surface area contributed by atoms with Crippen molar-refractivity contribution in [3.8, 4) is 5.69 Å². The summed E-state index contributed by atoms with van der Waals surface area (Å²) >= 11 is 0. The van der Waals surface area contributed by atoms with Gasteiger partial charge < -0.3 is 0 Å². The fourth-order valence-electron chi connectivity index (χ4n) is 2.27. The molecular weight excluding hydrogens is 240 g/mol. The van der Waals surface area contributed by atoms with Crippen molar-refractivity contribution >= 4 is 11.2 Å². The molecule has 0 atom stereocenters. The first kappa shape index (κ1) is 11.6. The first-order valence-corrected chi connectivity index (χ1v) is 6.18. The smallest absolute Gasteiger partial charge is 0.286 e. The quantitative estimate of drug-likeness (QED) is 0.704. The van der Waals surface area contributed by atoms with E-state index in [1.165, 1.54) is 6.33 Å². The van der Waals surface area contributed by atoms with Crippen molar-refractivity contribution < 1.29 is 0 Å². The molecular formula is C14H14N4O. The van der Waals surface area contributed by atoms with Gasteiger partial charge in [-0.25, -0.2) is 19.3 Å². The third-order valence-corrected chi connectivity index (χ3v) is 3.07. The standard InChI is InChI=1S/C14H14N4O/c1-10(2)17-12-8-15-9-16-13(12)18(14(17)19)11-6-4-3-5-7-11/h3-10H,1-2H3. The number of nitrogens with zero attached hydrogens (tertiary/aromatic N) is 4. The van der Waals surface area contributed by atoms with Crippen LogP contribution in [0.1, 0.15) is 19.9 Å². The van der Waals surface area contributed by atoms with Crippen molar-refractivity contribution in [2.24, 2.45) is 0 Å². The number of para-hydroxylation sites is 1. The van der Waals surface area contributed by atoms with Crippen LogP contribution in [0.3, 0.4) is 0 Å². The summed E-state index contributed by atoms with van der Waals surface area (Å²) < 4.78 is 3.33. The van der Waals surface area contributed by atoms with Crippen LogP contribution in [-0.4, -0.2) is 19.1 Å². The third-order valence-electron chi connectivity index (χ3n) is 3.07. The van der Waals surface area contributed by atoms with Crippen LogP contribution >= 0.6 is 0 Å². The molecule has 0 amide bonds. The van der Waals surface area contributed by atoms with E-state index >= 15 is 0 Å². The largest absolute Gasteiger partial charge is 0.335 e. The van der Waals surface area contributed by atoms with E-state index in [0.29, 0.717) is 5.65 Å². The second-order valence-electron chi connectivity index (χ2n) is 4.65. The molecule has 0 radical (unpaired) electrons. The van der Waals surface area contributed by atoms with Gasteiger partial charge in [-0.3, -0.25) is 4.57 Å². The van der Waals surface area contributed by atoms with Gasteiger partial charge in [0.15, 0.2) is 5.65 Å². The van der Waals surface area contributed by atoms with E-state index in [4.69, 9.17) is 0 Å². The highest BCUT2D eigenvalue weighted by Gasteiger charge is 2.17. The summed E-state index contributed by atoms with van der Waals surface area (Å²) in [6.07, 6.45) is 3.15. The molecule has 0 spiro atoms. The van der Waals surface area contributed by atoms with Gasteiger partial charge in [0.25, 0.3) is 0 Å². The van der Waals surface area contributed by atoms with E-state index in [-0.39, 0.29) is 11.7 Å². The minimum atomic E-state index is -0.0864. The van der Waals surface area contributed by atoms with Gasteiger partial charge in [0, 0.05) is 6.04 Å². The summed E-state index contributed by atoms with van der Waals surface area (Å²) in [5.41, 5.74) is 2.12. The lowest BCUT2D eigenvalue weighted by molar-refractivity contribution is 0.590. The number of aromatic nitrogens is 4. The lowest BCUT2D eigenvalue weighted by Crippen LogP contribution is -2.24. The molecule has 19 heavy (non-hydrogen) atoms. The Bertz CT molecular complexity index is 771. The average Bonchev–Trinajstić information content (AvgIpc) is 2.71. The molecule has 0 aliphatic heterocycles. The maximum atomic E-state index is 12.6. The van der Waals surface area contributed by atoms with E-state index in [1.807, 2.05) is 44.2 Å². The van der Waals surface area contributed by atoms with E-state index in [0.717, 1.165) is 11.2 Å². The lowest BCUT2D eigenvalue weighted by atomic mass is 10.3. The minimum Gasteiger partial charge on any atom is -0.286 e. The zero-order valence-corrected chi connectivity index (χ0v) is 10.8. The van der Waals surface area contributed by atoms with Crippen LogP contribution in [0, 0.1) is 0 Å². The highest BCUT2D eigenvalue weighted by Crippen LogP contribution is 2.17. The SMILES string of the molecule is CC(C)n1c(=O)n(-c2ccccc2)c2ncncc21. The van der Waals surface area contributed by atoms with Crippen molar-refractivity contribution in [3.05, 3.63) is 53.3 Å². The Morgan fingerprint density at radius 3 is 2.58 bits per heavy atom. The first-order chi connectivity index (χ1) is 9.20. The number of rotatable bonds is 2. The normalized spacial score (nSPS) is 11.3. The van der Waals surface area contributed by atoms with E-state index in [1.54, 1.807) is 15.3 Å². The summed E-state index contributed by atoms with van der Waals surface area (Å²) in [6.45, 7) is 3.95. The van der Waals surface area contributed by atoms with Crippen LogP contribution in [0.15, 0.2) is 47.7 Å². The Balaban J connectivity index is 2.44. The molecule has 3 aromatic rings. The van der Waals surface area contributed by atoms with E-state index in [9.17, 15) is 4.79 Å². The molecule has 2 heterocycles.